The Hall–Kier alpha value is -4.78. The Morgan fingerprint density at radius 1 is 1.00 bits per heavy atom. The van der Waals surface area contributed by atoms with Crippen LogP contribution >= 0.6 is 0 Å². The fourth-order valence-electron chi connectivity index (χ4n) is 5.61. The topological polar surface area (TPSA) is 116 Å². The number of fused-ring (bicyclic) bond motifs is 1. The second-order valence-corrected chi connectivity index (χ2v) is 14.1. The van der Waals surface area contributed by atoms with Crippen LogP contribution in [0.25, 0.3) is 22.3 Å². The molecule has 10 heteroatoms. The average Bonchev–Trinajstić information content (AvgIpc) is 3.76. The van der Waals surface area contributed by atoms with Gasteiger partial charge in [-0.3, -0.25) is 14.9 Å². The van der Waals surface area contributed by atoms with E-state index in [1.54, 1.807) is 9.80 Å². The lowest BCUT2D eigenvalue weighted by Gasteiger charge is -2.30. The maximum atomic E-state index is 12.9. The van der Waals surface area contributed by atoms with Crippen LogP contribution in [0.1, 0.15) is 109 Å². The minimum Gasteiger partial charge on any atom is -0.444 e. The minimum absolute atomic E-state index is 0.0809. The molecule has 0 saturated carbocycles. The normalized spacial score (nSPS) is 15.7. The van der Waals surface area contributed by atoms with E-state index in [4.69, 9.17) is 14.5 Å². The second-order valence-electron chi connectivity index (χ2n) is 14.1. The number of ether oxygens (including phenoxy) is 2. The van der Waals surface area contributed by atoms with Crippen LogP contribution in [0.2, 0.25) is 0 Å². The summed E-state index contributed by atoms with van der Waals surface area (Å²) in [6, 6.07) is 15.5. The summed E-state index contributed by atoms with van der Waals surface area (Å²) in [4.78, 5) is 37.3. The van der Waals surface area contributed by atoms with Crippen LogP contribution in [0.4, 0.5) is 9.59 Å². The van der Waals surface area contributed by atoms with Crippen LogP contribution in [0.5, 0.6) is 0 Å². The highest BCUT2D eigenvalue weighted by atomic mass is 16.6. The van der Waals surface area contributed by atoms with Crippen molar-refractivity contribution in [3.05, 3.63) is 71.2 Å². The summed E-state index contributed by atoms with van der Waals surface area (Å²) in [5.41, 5.74) is 4.95. The van der Waals surface area contributed by atoms with E-state index in [0.29, 0.717) is 18.9 Å². The number of aromatic nitrogens is 4. The summed E-state index contributed by atoms with van der Waals surface area (Å²) in [5, 5.41) is 7.68. The molecule has 47 heavy (non-hydrogen) atoms. The van der Waals surface area contributed by atoms with Gasteiger partial charge in [0.25, 0.3) is 0 Å². The average molecular weight is 639 g/mol. The predicted molar refractivity (Wildman–Crippen MR) is 183 cm³/mol. The van der Waals surface area contributed by atoms with Crippen LogP contribution in [-0.2, 0) is 9.47 Å². The molecule has 2 aromatic heterocycles. The van der Waals surface area contributed by atoms with E-state index < -0.39 is 11.2 Å². The molecule has 2 aromatic carbocycles. The van der Waals surface area contributed by atoms with Crippen molar-refractivity contribution in [3.8, 4) is 23.1 Å². The molecule has 1 aliphatic heterocycles. The molecule has 0 bridgehead atoms. The molecule has 1 unspecified atom stereocenters. The van der Waals surface area contributed by atoms with E-state index in [1.165, 1.54) is 0 Å². The Kier molecular flexibility index (Phi) is 9.66. The van der Waals surface area contributed by atoms with Gasteiger partial charge in [-0.05, 0) is 104 Å². The maximum absolute atomic E-state index is 12.9. The number of rotatable bonds is 6. The van der Waals surface area contributed by atoms with Gasteiger partial charge in [-0.1, -0.05) is 30.9 Å². The first-order valence-corrected chi connectivity index (χ1v) is 16.4. The number of likely N-dealkylation sites (tertiary alicyclic amines) is 1. The van der Waals surface area contributed by atoms with Crippen molar-refractivity contribution in [1.29, 1.82) is 0 Å². The van der Waals surface area contributed by atoms with Crippen molar-refractivity contribution in [2.24, 2.45) is 0 Å². The summed E-state index contributed by atoms with van der Waals surface area (Å²) in [6.07, 6.45) is 1.95. The summed E-state index contributed by atoms with van der Waals surface area (Å²) in [6.45, 7) is 16.5. The molecule has 4 aromatic rings. The lowest BCUT2D eigenvalue weighted by atomic mass is 10.1. The zero-order valence-electron chi connectivity index (χ0n) is 28.7. The Bertz CT molecular complexity index is 1780. The van der Waals surface area contributed by atoms with Crippen molar-refractivity contribution in [2.75, 3.05) is 13.1 Å². The number of amides is 2. The molecule has 10 nitrogen and oxygen atoms in total. The molecule has 0 spiro atoms. The molecule has 248 valence electrons. The van der Waals surface area contributed by atoms with E-state index in [2.05, 4.69) is 27.0 Å². The zero-order valence-corrected chi connectivity index (χ0v) is 28.7. The number of hydrogen-bond donors (Lipinski definition) is 2. The monoisotopic (exact) mass is 638 g/mol. The lowest BCUT2D eigenvalue weighted by Crippen LogP contribution is -2.39. The number of hydrogen-bond acceptors (Lipinski definition) is 6. The maximum Gasteiger partial charge on any atom is 0.410 e. The number of carbonyl (C=O) groups excluding carboxylic acids is 2. The third-order valence-corrected chi connectivity index (χ3v) is 7.83. The quantitative estimate of drug-likeness (QED) is 0.206. The number of carbonyl (C=O) groups is 2. The van der Waals surface area contributed by atoms with Gasteiger partial charge in [-0.15, -0.1) is 0 Å². The third kappa shape index (κ3) is 8.33. The van der Waals surface area contributed by atoms with Gasteiger partial charge in [-0.25, -0.2) is 14.6 Å². The van der Waals surface area contributed by atoms with Crippen molar-refractivity contribution >= 4 is 23.2 Å². The summed E-state index contributed by atoms with van der Waals surface area (Å²) in [7, 11) is 0. The predicted octanol–water partition coefficient (Wildman–Crippen LogP) is 8.13. The van der Waals surface area contributed by atoms with Crippen molar-refractivity contribution in [3.63, 3.8) is 0 Å². The first-order chi connectivity index (χ1) is 22.2. The van der Waals surface area contributed by atoms with Gasteiger partial charge in [0.15, 0.2) is 0 Å². The number of nitrogens with one attached hydrogen (secondary N) is 2. The number of imidazole rings is 1. The lowest BCUT2D eigenvalue weighted by molar-refractivity contribution is 0.0165. The van der Waals surface area contributed by atoms with E-state index in [1.807, 2.05) is 104 Å². The molecule has 2 amide bonds. The second kappa shape index (κ2) is 13.5. The molecule has 2 N–H and O–H groups in total. The Morgan fingerprint density at radius 3 is 2.36 bits per heavy atom. The molecule has 1 saturated heterocycles. The summed E-state index contributed by atoms with van der Waals surface area (Å²) < 4.78 is 11.3. The molecular weight excluding hydrogens is 592 g/mol. The van der Waals surface area contributed by atoms with Gasteiger partial charge >= 0.3 is 12.2 Å². The van der Waals surface area contributed by atoms with E-state index in [0.717, 1.165) is 58.4 Å². The van der Waals surface area contributed by atoms with Crippen molar-refractivity contribution in [1.82, 2.24) is 30.0 Å². The van der Waals surface area contributed by atoms with Gasteiger partial charge in [0.1, 0.15) is 17.0 Å². The molecular formula is C37H46N6O4. The van der Waals surface area contributed by atoms with Crippen LogP contribution in [0.15, 0.2) is 48.5 Å². The van der Waals surface area contributed by atoms with Crippen LogP contribution < -0.4 is 0 Å². The first kappa shape index (κ1) is 33.6. The minimum atomic E-state index is -0.574. The first-order valence-electron chi connectivity index (χ1n) is 16.4. The number of benzene rings is 2. The molecule has 5 rings (SSSR count). The summed E-state index contributed by atoms with van der Waals surface area (Å²) >= 11 is 0. The standard InChI is InChI=1S/C37H46N6O4/c1-9-20-42(34(44)46-36(3,4)5)24(2)33-38-28-19-16-26(22-30(28)39-33)13-12-25-14-17-27(18-15-25)29-23-31(41-40-29)32-11-10-21-43(32)35(45)47-37(6,7)8/h14-19,22-24,32H,9-11,20-21H2,1-8H3,(H,38,39)(H,40,41)/t24?,32-/m0/s1. The highest BCUT2D eigenvalue weighted by Crippen LogP contribution is 2.34. The number of H-pyrrole nitrogens is 2. The molecule has 1 aliphatic rings. The van der Waals surface area contributed by atoms with Crippen LogP contribution in [0, 0.1) is 11.8 Å². The van der Waals surface area contributed by atoms with E-state index >= 15 is 0 Å². The van der Waals surface area contributed by atoms with Gasteiger partial charge < -0.3 is 14.5 Å². The zero-order chi connectivity index (χ0) is 33.9. The molecule has 1 fully saturated rings. The number of aromatic amines is 2. The van der Waals surface area contributed by atoms with Crippen LogP contribution in [-0.4, -0.2) is 66.4 Å². The highest BCUT2D eigenvalue weighted by molar-refractivity contribution is 5.77. The van der Waals surface area contributed by atoms with Gasteiger partial charge in [0.05, 0.1) is 34.5 Å². The fourth-order valence-corrected chi connectivity index (χ4v) is 5.61. The number of nitrogens with zero attached hydrogens (tertiary/aromatic N) is 4. The molecule has 0 aliphatic carbocycles. The summed E-state index contributed by atoms with van der Waals surface area (Å²) in [5.74, 6) is 7.20. The smallest absolute Gasteiger partial charge is 0.410 e. The van der Waals surface area contributed by atoms with Gasteiger partial charge in [0.2, 0.25) is 0 Å². The van der Waals surface area contributed by atoms with Crippen molar-refractivity contribution in [2.45, 2.75) is 97.9 Å². The Labute approximate surface area is 277 Å². The SMILES string of the molecule is CCCN(C(=O)OC(C)(C)C)C(C)c1nc2cc(C#Cc3ccc(-c4cc([C@@H]5CCCN5C(=O)OC(C)(C)C)[nH]n4)cc3)ccc2[nH]1. The van der Waals surface area contributed by atoms with Gasteiger partial charge in [0, 0.05) is 29.8 Å². The van der Waals surface area contributed by atoms with Crippen LogP contribution in [0.3, 0.4) is 0 Å². The molecule has 0 radical (unpaired) electrons. The largest absolute Gasteiger partial charge is 0.444 e. The fraction of sp³-hybridized carbons (Fsp3) is 0.459. The Balaban J connectivity index is 1.26. The molecule has 2 atom stereocenters. The Morgan fingerprint density at radius 2 is 1.68 bits per heavy atom. The van der Waals surface area contributed by atoms with E-state index in [-0.39, 0.29) is 24.3 Å². The molecule has 3 heterocycles. The van der Waals surface area contributed by atoms with E-state index in [9.17, 15) is 9.59 Å². The third-order valence-electron chi connectivity index (χ3n) is 7.83. The highest BCUT2D eigenvalue weighted by Gasteiger charge is 2.34. The van der Waals surface area contributed by atoms with Crippen molar-refractivity contribution < 1.29 is 19.1 Å². The van der Waals surface area contributed by atoms with Gasteiger partial charge in [-0.2, -0.15) is 5.10 Å².